The molecule has 0 spiro atoms. The fourth-order valence-corrected chi connectivity index (χ4v) is 3.86. The number of aromatic nitrogens is 3. The van der Waals surface area contributed by atoms with E-state index < -0.39 is 29.7 Å². The molecule has 0 aliphatic carbocycles. The molecule has 1 aliphatic heterocycles. The van der Waals surface area contributed by atoms with Crippen LogP contribution in [0.15, 0.2) is 30.5 Å². The van der Waals surface area contributed by atoms with Crippen LogP contribution >= 0.6 is 0 Å². The number of anilines is 2. The number of carbonyl (C=O) groups excluding carboxylic acids is 2. The number of esters is 1. The quantitative estimate of drug-likeness (QED) is 0.586. The second-order valence-electron chi connectivity index (χ2n) is 7.22. The van der Waals surface area contributed by atoms with Crippen molar-refractivity contribution < 1.29 is 23.1 Å². The zero-order valence-corrected chi connectivity index (χ0v) is 17.6. The van der Waals surface area contributed by atoms with Crippen molar-refractivity contribution in [2.24, 2.45) is 0 Å². The Morgan fingerprint density at radius 1 is 1.28 bits per heavy atom. The van der Waals surface area contributed by atoms with E-state index in [1.54, 1.807) is 19.2 Å². The highest BCUT2D eigenvalue weighted by Crippen LogP contribution is 2.37. The van der Waals surface area contributed by atoms with Gasteiger partial charge in [0, 0.05) is 25.4 Å². The van der Waals surface area contributed by atoms with Gasteiger partial charge in [0.15, 0.2) is 11.5 Å². The van der Waals surface area contributed by atoms with Gasteiger partial charge in [-0.1, -0.05) is 0 Å². The summed E-state index contributed by atoms with van der Waals surface area (Å²) in [5.74, 6) is -1.21. The van der Waals surface area contributed by atoms with Crippen molar-refractivity contribution in [1.29, 1.82) is 0 Å². The van der Waals surface area contributed by atoms with Crippen LogP contribution in [0.1, 0.15) is 41.7 Å². The average Bonchev–Trinajstić information content (AvgIpc) is 3.39. The molecule has 32 heavy (non-hydrogen) atoms. The second-order valence-corrected chi connectivity index (χ2v) is 7.22. The summed E-state index contributed by atoms with van der Waals surface area (Å²) in [6.45, 7) is 2.37. The van der Waals surface area contributed by atoms with E-state index >= 15 is 0 Å². The van der Waals surface area contributed by atoms with Crippen molar-refractivity contribution >= 4 is 29.3 Å². The molecule has 3 heterocycles. The van der Waals surface area contributed by atoms with Crippen molar-refractivity contribution in [2.45, 2.75) is 25.8 Å². The molecule has 11 heteroatoms. The molecule has 0 radical (unpaired) electrons. The molecule has 1 unspecified atom stereocenters. The normalized spacial score (nSPS) is 15.8. The maximum absolute atomic E-state index is 14.4. The van der Waals surface area contributed by atoms with Crippen LogP contribution in [0.5, 0.6) is 0 Å². The Balaban J connectivity index is 1.78. The van der Waals surface area contributed by atoms with Gasteiger partial charge >= 0.3 is 12.0 Å². The summed E-state index contributed by atoms with van der Waals surface area (Å²) in [5, 5.41) is 9.13. The van der Waals surface area contributed by atoms with Crippen LogP contribution in [0, 0.1) is 11.6 Å². The first kappa shape index (κ1) is 21.5. The lowest BCUT2D eigenvalue weighted by molar-refractivity contribution is 0.0529. The molecule has 4 rings (SSSR count). The summed E-state index contributed by atoms with van der Waals surface area (Å²) < 4.78 is 34.7. The van der Waals surface area contributed by atoms with Crippen LogP contribution in [0.4, 0.5) is 25.2 Å². The number of nitrogens with zero attached hydrogens (tertiary/aromatic N) is 4. The maximum Gasteiger partial charge on any atom is 0.345 e. The topological polar surface area (TPSA) is 101 Å². The van der Waals surface area contributed by atoms with Gasteiger partial charge < -0.3 is 15.0 Å². The van der Waals surface area contributed by atoms with Crippen molar-refractivity contribution in [2.75, 3.05) is 30.4 Å². The zero-order chi connectivity index (χ0) is 22.8. The Morgan fingerprint density at radius 3 is 2.84 bits per heavy atom. The van der Waals surface area contributed by atoms with Crippen LogP contribution in [-0.2, 0) is 4.74 Å². The Morgan fingerprint density at radius 2 is 2.09 bits per heavy atom. The first-order valence-electron chi connectivity index (χ1n) is 10.2. The highest BCUT2D eigenvalue weighted by Gasteiger charge is 2.31. The van der Waals surface area contributed by atoms with Gasteiger partial charge in [-0.3, -0.25) is 5.32 Å². The van der Waals surface area contributed by atoms with Crippen molar-refractivity contribution in [3.63, 3.8) is 0 Å². The Kier molecular flexibility index (Phi) is 5.89. The van der Waals surface area contributed by atoms with E-state index in [0.29, 0.717) is 18.8 Å². The average molecular weight is 444 g/mol. The summed E-state index contributed by atoms with van der Waals surface area (Å²) in [7, 11) is 1.44. The minimum atomic E-state index is -0.687. The van der Waals surface area contributed by atoms with Gasteiger partial charge in [0.05, 0.1) is 12.6 Å². The zero-order valence-electron chi connectivity index (χ0n) is 17.6. The number of carbonyl (C=O) groups is 2. The van der Waals surface area contributed by atoms with Gasteiger partial charge in [-0.05, 0) is 44.0 Å². The van der Waals surface area contributed by atoms with Crippen molar-refractivity contribution in [3.05, 3.63) is 53.2 Å². The number of urea groups is 1. The molecule has 9 nitrogen and oxygen atoms in total. The molecule has 2 aromatic heterocycles. The summed E-state index contributed by atoms with van der Waals surface area (Å²) in [6, 6.07) is 4.11. The molecule has 0 saturated carbocycles. The largest absolute Gasteiger partial charge is 0.462 e. The molecular formula is C21H22F2N6O3. The molecule has 0 bridgehead atoms. The first-order chi connectivity index (χ1) is 15.4. The SMILES string of the molecule is CCOC(=O)c1c(NC(=O)NC)nn2ccc(N3CCCC3c3cc(F)ccc3F)nc12. The molecule has 3 aromatic rings. The van der Waals surface area contributed by atoms with Crippen LogP contribution in [0.2, 0.25) is 0 Å². The molecule has 1 aromatic carbocycles. The van der Waals surface area contributed by atoms with Crippen molar-refractivity contribution in [1.82, 2.24) is 19.9 Å². The number of rotatable bonds is 5. The highest BCUT2D eigenvalue weighted by atomic mass is 19.1. The van der Waals surface area contributed by atoms with Gasteiger partial charge in [-0.25, -0.2) is 27.9 Å². The minimum absolute atomic E-state index is 0.00148. The van der Waals surface area contributed by atoms with E-state index in [9.17, 15) is 18.4 Å². The lowest BCUT2D eigenvalue weighted by Crippen LogP contribution is -2.25. The Bertz CT molecular complexity index is 1180. The fourth-order valence-electron chi connectivity index (χ4n) is 3.86. The van der Waals surface area contributed by atoms with Crippen LogP contribution in [-0.4, -0.2) is 46.8 Å². The van der Waals surface area contributed by atoms with Crippen LogP contribution in [0.3, 0.4) is 0 Å². The predicted molar refractivity (Wildman–Crippen MR) is 113 cm³/mol. The van der Waals surface area contributed by atoms with Gasteiger partial charge in [0.25, 0.3) is 0 Å². The lowest BCUT2D eigenvalue weighted by Gasteiger charge is -2.26. The van der Waals surface area contributed by atoms with Gasteiger partial charge in [0.2, 0.25) is 0 Å². The molecule has 1 fully saturated rings. The van der Waals surface area contributed by atoms with E-state index in [0.717, 1.165) is 18.6 Å². The number of benzene rings is 1. The number of ether oxygens (including phenoxy) is 1. The third kappa shape index (κ3) is 3.93. The van der Waals surface area contributed by atoms with E-state index in [1.165, 1.54) is 17.6 Å². The minimum Gasteiger partial charge on any atom is -0.462 e. The standard InChI is InChI=1S/C21H22F2N6O3/c1-3-32-20(30)17-18(26-21(31)24-2)27-29-10-8-16(25-19(17)29)28-9-4-5-15(28)13-11-12(22)6-7-14(13)23/h6-8,10-11,15H,3-5,9H2,1-2H3,(H2,24,26,27,31). The maximum atomic E-state index is 14.4. The molecule has 1 saturated heterocycles. The fraction of sp³-hybridized carbons (Fsp3) is 0.333. The number of fused-ring (bicyclic) bond motifs is 1. The van der Waals surface area contributed by atoms with Crippen LogP contribution < -0.4 is 15.5 Å². The van der Waals surface area contributed by atoms with E-state index in [-0.39, 0.29) is 29.2 Å². The number of nitrogens with one attached hydrogen (secondary N) is 2. The number of amides is 2. The second kappa shape index (κ2) is 8.77. The predicted octanol–water partition coefficient (Wildman–Crippen LogP) is 3.28. The van der Waals surface area contributed by atoms with E-state index in [4.69, 9.17) is 4.74 Å². The molecule has 2 amide bonds. The highest BCUT2D eigenvalue weighted by molar-refractivity contribution is 6.04. The van der Waals surface area contributed by atoms with Gasteiger partial charge in [0.1, 0.15) is 23.0 Å². The third-order valence-electron chi connectivity index (χ3n) is 5.27. The monoisotopic (exact) mass is 444 g/mol. The van der Waals surface area contributed by atoms with E-state index in [1.807, 2.05) is 4.90 Å². The summed E-state index contributed by atoms with van der Waals surface area (Å²) in [4.78, 5) is 30.9. The first-order valence-corrected chi connectivity index (χ1v) is 10.2. The third-order valence-corrected chi connectivity index (χ3v) is 5.27. The molecule has 168 valence electrons. The molecule has 2 N–H and O–H groups in total. The number of halogens is 2. The Labute approximate surface area is 182 Å². The summed E-state index contributed by atoms with van der Waals surface area (Å²) in [6.07, 6.45) is 2.98. The molecule has 1 atom stereocenters. The molecular weight excluding hydrogens is 422 g/mol. The van der Waals surface area contributed by atoms with Gasteiger partial charge in [-0.2, -0.15) is 0 Å². The smallest absolute Gasteiger partial charge is 0.345 e. The molecule has 1 aliphatic rings. The Hall–Kier alpha value is -3.76. The van der Waals surface area contributed by atoms with E-state index in [2.05, 4.69) is 20.7 Å². The summed E-state index contributed by atoms with van der Waals surface area (Å²) in [5.41, 5.74) is 0.438. The number of hydrogen-bond acceptors (Lipinski definition) is 6. The number of hydrogen-bond donors (Lipinski definition) is 2. The van der Waals surface area contributed by atoms with Crippen LogP contribution in [0.25, 0.3) is 5.65 Å². The van der Waals surface area contributed by atoms with Gasteiger partial charge in [-0.15, -0.1) is 5.10 Å². The van der Waals surface area contributed by atoms with Crippen molar-refractivity contribution in [3.8, 4) is 0 Å². The lowest BCUT2D eigenvalue weighted by atomic mass is 10.0. The summed E-state index contributed by atoms with van der Waals surface area (Å²) >= 11 is 0.